The molecule has 0 bridgehead atoms. The van der Waals surface area contributed by atoms with Crippen LogP contribution >= 0.6 is 0 Å². The molecule has 4 heteroatoms. The van der Waals surface area contributed by atoms with E-state index in [4.69, 9.17) is 5.11 Å². The van der Waals surface area contributed by atoms with Crippen LogP contribution in [0.15, 0.2) is 12.2 Å². The van der Waals surface area contributed by atoms with Gasteiger partial charge in [-0.05, 0) is 19.8 Å². The van der Waals surface area contributed by atoms with Crippen molar-refractivity contribution in [2.75, 3.05) is 6.54 Å². The maximum Gasteiger partial charge on any atom is 0.303 e. The second kappa shape index (κ2) is 14.6. The molecule has 0 heterocycles. The molecule has 0 fully saturated rings. The summed E-state index contributed by atoms with van der Waals surface area (Å²) < 4.78 is 0. The smallest absolute Gasteiger partial charge is 0.303 e. The van der Waals surface area contributed by atoms with E-state index in [9.17, 15) is 9.59 Å². The third-order valence-electron chi connectivity index (χ3n) is 3.74. The van der Waals surface area contributed by atoms with Gasteiger partial charge in [0.25, 0.3) is 0 Å². The molecule has 22 heavy (non-hydrogen) atoms. The number of amides is 1. The summed E-state index contributed by atoms with van der Waals surface area (Å²) in [6.07, 6.45) is 13.1. The molecule has 0 aliphatic rings. The van der Waals surface area contributed by atoms with E-state index in [1.165, 1.54) is 44.9 Å². The zero-order chi connectivity index (χ0) is 16.6. The van der Waals surface area contributed by atoms with Crippen molar-refractivity contribution in [3.63, 3.8) is 0 Å². The molecule has 4 nitrogen and oxygen atoms in total. The number of nitrogens with one attached hydrogen (secondary N) is 1. The van der Waals surface area contributed by atoms with Gasteiger partial charge in [-0.2, -0.15) is 0 Å². The van der Waals surface area contributed by atoms with Crippen LogP contribution in [0.2, 0.25) is 0 Å². The van der Waals surface area contributed by atoms with E-state index in [1.807, 2.05) is 0 Å². The van der Waals surface area contributed by atoms with Crippen molar-refractivity contribution in [2.24, 2.45) is 0 Å². The number of carbonyl (C=O) groups is 2. The summed E-state index contributed by atoms with van der Waals surface area (Å²) in [5.41, 5.74) is 0.572. The number of aliphatic carboxylic acids is 1. The molecule has 0 aliphatic carbocycles. The lowest BCUT2D eigenvalue weighted by molar-refractivity contribution is -0.137. The van der Waals surface area contributed by atoms with Gasteiger partial charge in [0.2, 0.25) is 5.91 Å². The molecule has 0 saturated carbocycles. The molecular formula is C18H33NO3. The van der Waals surface area contributed by atoms with Gasteiger partial charge < -0.3 is 10.4 Å². The molecule has 0 aromatic carbocycles. The second-order valence-electron chi connectivity index (χ2n) is 6.07. The monoisotopic (exact) mass is 311 g/mol. The molecule has 0 saturated heterocycles. The third kappa shape index (κ3) is 15.1. The maximum atomic E-state index is 11.2. The fourth-order valence-electron chi connectivity index (χ4n) is 2.35. The van der Waals surface area contributed by atoms with Gasteiger partial charge in [0.05, 0.1) is 0 Å². The zero-order valence-corrected chi connectivity index (χ0v) is 14.2. The average Bonchev–Trinajstić information content (AvgIpc) is 2.46. The highest BCUT2D eigenvalue weighted by Gasteiger charge is 1.99. The van der Waals surface area contributed by atoms with E-state index in [0.717, 1.165) is 32.2 Å². The maximum absolute atomic E-state index is 11.2. The van der Waals surface area contributed by atoms with Crippen LogP contribution < -0.4 is 5.32 Å². The summed E-state index contributed by atoms with van der Waals surface area (Å²) in [7, 11) is 0. The average molecular weight is 311 g/mol. The molecule has 0 spiro atoms. The first kappa shape index (κ1) is 20.7. The van der Waals surface area contributed by atoms with Gasteiger partial charge in [-0.1, -0.05) is 64.4 Å². The molecule has 128 valence electrons. The summed E-state index contributed by atoms with van der Waals surface area (Å²) in [5.74, 6) is -0.720. The van der Waals surface area contributed by atoms with Crippen LogP contribution in [0.4, 0.5) is 0 Å². The van der Waals surface area contributed by atoms with E-state index in [-0.39, 0.29) is 5.91 Å². The van der Waals surface area contributed by atoms with Crippen LogP contribution in [-0.4, -0.2) is 23.5 Å². The molecule has 0 aliphatic heterocycles. The second-order valence-corrected chi connectivity index (χ2v) is 6.07. The van der Waals surface area contributed by atoms with Crippen molar-refractivity contribution >= 4 is 11.9 Å². The van der Waals surface area contributed by atoms with Crippen LogP contribution in [0.5, 0.6) is 0 Å². The molecule has 1 amide bonds. The van der Waals surface area contributed by atoms with E-state index >= 15 is 0 Å². The molecule has 0 aromatic heterocycles. The lowest BCUT2D eigenvalue weighted by Crippen LogP contribution is -2.24. The van der Waals surface area contributed by atoms with Gasteiger partial charge in [0.1, 0.15) is 0 Å². The first-order valence-corrected chi connectivity index (χ1v) is 8.69. The summed E-state index contributed by atoms with van der Waals surface area (Å²) in [5, 5.41) is 11.4. The van der Waals surface area contributed by atoms with Gasteiger partial charge in [0.15, 0.2) is 0 Å². The minimum absolute atomic E-state index is 0.0386. The number of carboxylic acids is 1. The quantitative estimate of drug-likeness (QED) is 0.347. The Kier molecular flexibility index (Phi) is 13.7. The summed E-state index contributed by atoms with van der Waals surface area (Å²) >= 11 is 0. The number of hydrogen-bond donors (Lipinski definition) is 2. The molecular weight excluding hydrogens is 278 g/mol. The van der Waals surface area contributed by atoms with Gasteiger partial charge in [-0.15, -0.1) is 0 Å². The van der Waals surface area contributed by atoms with Crippen LogP contribution in [0.25, 0.3) is 0 Å². The van der Waals surface area contributed by atoms with Gasteiger partial charge in [0, 0.05) is 18.5 Å². The fourth-order valence-corrected chi connectivity index (χ4v) is 2.35. The number of hydrogen-bond acceptors (Lipinski definition) is 2. The number of rotatable bonds is 15. The molecule has 0 aromatic rings. The number of carbonyl (C=O) groups excluding carboxylic acids is 1. The van der Waals surface area contributed by atoms with Crippen molar-refractivity contribution in [1.29, 1.82) is 0 Å². The van der Waals surface area contributed by atoms with Crippen LogP contribution in [0.1, 0.15) is 84.0 Å². The Balaban J connectivity index is 3.10. The standard InChI is InChI=1S/C18H33NO3/c1-16(2)18(22)19-15-13-11-9-7-5-3-4-6-8-10-12-14-17(20)21/h1,3-15H2,2H3,(H,19,22)(H,20,21). The van der Waals surface area contributed by atoms with Gasteiger partial charge in [-0.3, -0.25) is 9.59 Å². The predicted molar refractivity (Wildman–Crippen MR) is 90.9 cm³/mol. The Morgan fingerprint density at radius 2 is 1.23 bits per heavy atom. The summed E-state index contributed by atoms with van der Waals surface area (Å²) in [6.45, 7) is 6.08. The lowest BCUT2D eigenvalue weighted by atomic mass is 10.1. The minimum atomic E-state index is -0.681. The highest BCUT2D eigenvalue weighted by Crippen LogP contribution is 2.11. The van der Waals surface area contributed by atoms with Crippen molar-refractivity contribution in [3.8, 4) is 0 Å². The normalized spacial score (nSPS) is 10.4. The summed E-state index contributed by atoms with van der Waals surface area (Å²) in [4.78, 5) is 21.6. The fraction of sp³-hybridized carbons (Fsp3) is 0.778. The van der Waals surface area contributed by atoms with Gasteiger partial charge in [-0.25, -0.2) is 0 Å². The summed E-state index contributed by atoms with van der Waals surface area (Å²) in [6, 6.07) is 0. The van der Waals surface area contributed by atoms with Crippen molar-refractivity contribution in [2.45, 2.75) is 84.0 Å². The van der Waals surface area contributed by atoms with Crippen LogP contribution in [0, 0.1) is 0 Å². The Morgan fingerprint density at radius 1 is 0.818 bits per heavy atom. The Hall–Kier alpha value is -1.32. The molecule has 0 radical (unpaired) electrons. The number of carboxylic acid groups (broad SMARTS) is 1. The molecule has 0 unspecified atom stereocenters. The minimum Gasteiger partial charge on any atom is -0.481 e. The Morgan fingerprint density at radius 3 is 1.64 bits per heavy atom. The first-order valence-electron chi connectivity index (χ1n) is 8.69. The van der Waals surface area contributed by atoms with Crippen LogP contribution in [0.3, 0.4) is 0 Å². The highest BCUT2D eigenvalue weighted by atomic mass is 16.4. The Labute approximate surface area is 135 Å². The van der Waals surface area contributed by atoms with E-state index < -0.39 is 5.97 Å². The molecule has 2 N–H and O–H groups in total. The van der Waals surface area contributed by atoms with Crippen molar-refractivity contribution in [3.05, 3.63) is 12.2 Å². The molecule has 0 rings (SSSR count). The lowest BCUT2D eigenvalue weighted by Gasteiger charge is -2.05. The van der Waals surface area contributed by atoms with Crippen molar-refractivity contribution < 1.29 is 14.7 Å². The van der Waals surface area contributed by atoms with Crippen LogP contribution in [-0.2, 0) is 9.59 Å². The van der Waals surface area contributed by atoms with E-state index in [1.54, 1.807) is 6.92 Å². The SMILES string of the molecule is C=C(C)C(=O)NCCCCCCCCCCCCCC(=O)O. The first-order chi connectivity index (χ1) is 10.5. The van der Waals surface area contributed by atoms with E-state index in [2.05, 4.69) is 11.9 Å². The zero-order valence-electron chi connectivity index (χ0n) is 14.2. The topological polar surface area (TPSA) is 66.4 Å². The highest BCUT2D eigenvalue weighted by molar-refractivity contribution is 5.91. The number of unbranched alkanes of at least 4 members (excludes halogenated alkanes) is 10. The molecule has 0 atom stereocenters. The largest absolute Gasteiger partial charge is 0.481 e. The van der Waals surface area contributed by atoms with Gasteiger partial charge >= 0.3 is 5.97 Å². The Bertz CT molecular complexity index is 326. The van der Waals surface area contributed by atoms with E-state index in [0.29, 0.717) is 12.0 Å². The third-order valence-corrected chi connectivity index (χ3v) is 3.74. The van der Waals surface area contributed by atoms with Crippen molar-refractivity contribution in [1.82, 2.24) is 5.32 Å². The predicted octanol–water partition coefficient (Wildman–Crippen LogP) is 4.44.